The Kier molecular flexibility index (Phi) is 5.71. The van der Waals surface area contributed by atoms with Crippen molar-refractivity contribution >= 4 is 28.3 Å². The van der Waals surface area contributed by atoms with Crippen LogP contribution < -0.4 is 10.9 Å². The zero-order valence-electron chi connectivity index (χ0n) is 15.7. The van der Waals surface area contributed by atoms with Crippen LogP contribution in [0.1, 0.15) is 41.4 Å². The molecule has 8 heteroatoms. The topological polar surface area (TPSA) is 51.1 Å². The number of alkyl halides is 3. The van der Waals surface area contributed by atoms with E-state index >= 15 is 0 Å². The number of nitrogens with zero attached hydrogens (tertiary/aromatic N) is 1. The lowest BCUT2D eigenvalue weighted by Gasteiger charge is -2.13. The summed E-state index contributed by atoms with van der Waals surface area (Å²) < 4.78 is 40.5. The van der Waals surface area contributed by atoms with Gasteiger partial charge >= 0.3 is 6.18 Å². The number of nitrogens with one attached hydrogen (secondary N) is 1. The van der Waals surface area contributed by atoms with E-state index in [1.54, 1.807) is 35.0 Å². The summed E-state index contributed by atoms with van der Waals surface area (Å²) in [4.78, 5) is 25.2. The van der Waals surface area contributed by atoms with Gasteiger partial charge in [-0.3, -0.25) is 9.59 Å². The number of carbonyl (C=O) groups excluding carboxylic acids is 1. The second-order valence-corrected chi connectivity index (χ2v) is 7.29. The van der Waals surface area contributed by atoms with Gasteiger partial charge in [0.2, 0.25) is 0 Å². The maximum atomic E-state index is 13.0. The van der Waals surface area contributed by atoms with E-state index in [1.165, 1.54) is 6.07 Å². The van der Waals surface area contributed by atoms with Crippen molar-refractivity contribution < 1.29 is 18.0 Å². The third-order valence-corrected chi connectivity index (χ3v) is 4.89. The van der Waals surface area contributed by atoms with Crippen LogP contribution in [-0.4, -0.2) is 10.5 Å². The van der Waals surface area contributed by atoms with Crippen LogP contribution in [0.5, 0.6) is 0 Å². The van der Waals surface area contributed by atoms with E-state index in [-0.39, 0.29) is 29.3 Å². The Morgan fingerprint density at radius 3 is 2.52 bits per heavy atom. The number of fused-ring (bicyclic) bond motifs is 1. The summed E-state index contributed by atoms with van der Waals surface area (Å²) in [5, 5.41) is 3.09. The molecule has 0 spiro atoms. The van der Waals surface area contributed by atoms with Gasteiger partial charge in [-0.15, -0.1) is 0 Å². The van der Waals surface area contributed by atoms with E-state index in [4.69, 9.17) is 11.6 Å². The van der Waals surface area contributed by atoms with Crippen molar-refractivity contribution in [2.24, 2.45) is 0 Å². The summed E-state index contributed by atoms with van der Waals surface area (Å²) in [5.74, 6) is -0.485. The zero-order chi connectivity index (χ0) is 21.3. The highest BCUT2D eigenvalue weighted by molar-refractivity contribution is 6.31. The van der Waals surface area contributed by atoms with Crippen LogP contribution in [0.25, 0.3) is 10.8 Å². The lowest BCUT2D eigenvalue weighted by atomic mass is 10.0. The van der Waals surface area contributed by atoms with Crippen LogP contribution in [0, 0.1) is 0 Å². The van der Waals surface area contributed by atoms with E-state index in [1.807, 2.05) is 13.8 Å². The van der Waals surface area contributed by atoms with Gasteiger partial charge in [0, 0.05) is 35.1 Å². The molecule has 0 aliphatic rings. The van der Waals surface area contributed by atoms with Crippen molar-refractivity contribution in [1.82, 2.24) is 9.88 Å². The standard InChI is InChI=1S/C21H18ClF3N2O2/c1-12(2)27-9-8-14-15(4-3-5-16(14)20(27)29)19(28)26-11-13-6-7-18(22)17(10-13)21(23,24)25/h3-10,12H,11H2,1-2H3,(H,26,28). The molecule has 152 valence electrons. The fourth-order valence-electron chi connectivity index (χ4n) is 3.07. The minimum absolute atomic E-state index is 0.0304. The van der Waals surface area contributed by atoms with Gasteiger partial charge in [0.15, 0.2) is 0 Å². The van der Waals surface area contributed by atoms with Crippen molar-refractivity contribution in [2.45, 2.75) is 32.6 Å². The van der Waals surface area contributed by atoms with E-state index in [2.05, 4.69) is 5.32 Å². The Morgan fingerprint density at radius 2 is 1.86 bits per heavy atom. The first-order chi connectivity index (χ1) is 13.6. The maximum absolute atomic E-state index is 13.0. The first-order valence-corrected chi connectivity index (χ1v) is 9.25. The average Bonchev–Trinajstić information content (AvgIpc) is 2.66. The average molecular weight is 423 g/mol. The molecule has 29 heavy (non-hydrogen) atoms. The molecule has 0 atom stereocenters. The van der Waals surface area contributed by atoms with Gasteiger partial charge in [-0.1, -0.05) is 23.7 Å². The molecule has 0 aliphatic carbocycles. The Hall–Kier alpha value is -2.80. The minimum Gasteiger partial charge on any atom is -0.348 e. The molecule has 1 aromatic heterocycles. The number of carbonyl (C=O) groups is 1. The second-order valence-electron chi connectivity index (χ2n) is 6.88. The highest BCUT2D eigenvalue weighted by Crippen LogP contribution is 2.35. The third kappa shape index (κ3) is 4.29. The van der Waals surface area contributed by atoms with Crippen LogP contribution in [-0.2, 0) is 12.7 Å². The first kappa shape index (κ1) is 20.9. The van der Waals surface area contributed by atoms with Crippen molar-refractivity contribution in [1.29, 1.82) is 0 Å². The molecule has 4 nitrogen and oxygen atoms in total. The molecule has 0 saturated heterocycles. The number of halogens is 4. The third-order valence-electron chi connectivity index (χ3n) is 4.56. The van der Waals surface area contributed by atoms with E-state index < -0.39 is 22.7 Å². The molecule has 1 heterocycles. The van der Waals surface area contributed by atoms with E-state index in [9.17, 15) is 22.8 Å². The van der Waals surface area contributed by atoms with Gasteiger partial charge in [-0.2, -0.15) is 13.2 Å². The zero-order valence-corrected chi connectivity index (χ0v) is 16.4. The van der Waals surface area contributed by atoms with Crippen LogP contribution in [0.15, 0.2) is 53.5 Å². The Balaban J connectivity index is 1.88. The number of benzene rings is 2. The molecule has 3 rings (SSSR count). The fourth-order valence-corrected chi connectivity index (χ4v) is 3.30. The maximum Gasteiger partial charge on any atom is 0.417 e. The van der Waals surface area contributed by atoms with Crippen molar-refractivity contribution in [3.05, 3.63) is 80.7 Å². The van der Waals surface area contributed by atoms with Gasteiger partial charge in [0.05, 0.1) is 10.6 Å². The van der Waals surface area contributed by atoms with Crippen molar-refractivity contribution in [3.8, 4) is 0 Å². The molecule has 0 aliphatic heterocycles. The van der Waals surface area contributed by atoms with Crippen LogP contribution in [0.3, 0.4) is 0 Å². The monoisotopic (exact) mass is 422 g/mol. The molecule has 0 saturated carbocycles. The van der Waals surface area contributed by atoms with Crippen molar-refractivity contribution in [3.63, 3.8) is 0 Å². The van der Waals surface area contributed by atoms with E-state index in [0.717, 1.165) is 12.1 Å². The summed E-state index contributed by atoms with van der Waals surface area (Å²) in [6.45, 7) is 3.65. The summed E-state index contributed by atoms with van der Waals surface area (Å²) in [5.41, 5.74) is -0.622. The number of hydrogen-bond acceptors (Lipinski definition) is 2. The number of pyridine rings is 1. The second kappa shape index (κ2) is 7.91. The summed E-state index contributed by atoms with van der Waals surface area (Å²) in [6.07, 6.45) is -2.95. The summed E-state index contributed by atoms with van der Waals surface area (Å²) >= 11 is 5.62. The minimum atomic E-state index is -4.58. The first-order valence-electron chi connectivity index (χ1n) is 8.87. The Morgan fingerprint density at radius 1 is 1.14 bits per heavy atom. The SMILES string of the molecule is CC(C)n1ccc2c(C(=O)NCc3ccc(Cl)c(C(F)(F)F)c3)cccc2c1=O. The molecular weight excluding hydrogens is 405 g/mol. The Bertz CT molecular complexity index is 1140. The molecule has 0 unspecified atom stereocenters. The van der Waals surface area contributed by atoms with Gasteiger partial charge in [-0.05, 0) is 49.7 Å². The predicted molar refractivity (Wildman–Crippen MR) is 106 cm³/mol. The van der Waals surface area contributed by atoms with E-state index in [0.29, 0.717) is 10.8 Å². The van der Waals surface area contributed by atoms with Gasteiger partial charge in [-0.25, -0.2) is 0 Å². The molecule has 3 aromatic rings. The van der Waals surface area contributed by atoms with Crippen LogP contribution in [0.4, 0.5) is 13.2 Å². The summed E-state index contributed by atoms with van der Waals surface area (Å²) in [7, 11) is 0. The molecular formula is C21H18ClF3N2O2. The largest absolute Gasteiger partial charge is 0.417 e. The van der Waals surface area contributed by atoms with Crippen LogP contribution >= 0.6 is 11.6 Å². The number of aromatic nitrogens is 1. The van der Waals surface area contributed by atoms with Gasteiger partial charge in [0.1, 0.15) is 0 Å². The molecule has 0 radical (unpaired) electrons. The molecule has 0 fully saturated rings. The fraction of sp³-hybridized carbons (Fsp3) is 0.238. The number of rotatable bonds is 4. The number of hydrogen-bond donors (Lipinski definition) is 1. The normalized spacial score (nSPS) is 11.8. The van der Waals surface area contributed by atoms with Gasteiger partial charge < -0.3 is 9.88 Å². The molecule has 0 bridgehead atoms. The lowest BCUT2D eigenvalue weighted by Crippen LogP contribution is -2.25. The van der Waals surface area contributed by atoms with Crippen molar-refractivity contribution in [2.75, 3.05) is 0 Å². The molecule has 1 N–H and O–H groups in total. The predicted octanol–water partition coefficient (Wildman–Crippen LogP) is 5.18. The highest BCUT2D eigenvalue weighted by atomic mass is 35.5. The quantitative estimate of drug-likeness (QED) is 0.629. The Labute approximate surface area is 169 Å². The molecule has 2 aromatic carbocycles. The molecule has 1 amide bonds. The van der Waals surface area contributed by atoms with Gasteiger partial charge in [0.25, 0.3) is 11.5 Å². The lowest BCUT2D eigenvalue weighted by molar-refractivity contribution is -0.137. The smallest absolute Gasteiger partial charge is 0.348 e. The van der Waals surface area contributed by atoms with Crippen LogP contribution in [0.2, 0.25) is 5.02 Å². The number of amides is 1. The highest BCUT2D eigenvalue weighted by Gasteiger charge is 2.33. The summed E-state index contributed by atoms with van der Waals surface area (Å²) in [6, 6.07) is 9.95.